The van der Waals surface area contributed by atoms with Crippen LogP contribution in [0.2, 0.25) is 5.02 Å². The number of alkyl halides is 3. The molecule has 1 N–H and O–H groups in total. The van der Waals surface area contributed by atoms with Crippen LogP contribution in [0.1, 0.15) is 11.3 Å². The molecule has 0 aliphatic rings. The highest BCUT2D eigenvalue weighted by Gasteiger charge is 2.31. The molecule has 0 saturated carbocycles. The lowest BCUT2D eigenvalue weighted by Crippen LogP contribution is -2.29. The molecule has 0 fully saturated rings. The highest BCUT2D eigenvalue weighted by molar-refractivity contribution is 7.98. The van der Waals surface area contributed by atoms with Gasteiger partial charge in [-0.3, -0.25) is 14.2 Å². The van der Waals surface area contributed by atoms with Crippen molar-refractivity contribution in [1.29, 1.82) is 0 Å². The summed E-state index contributed by atoms with van der Waals surface area (Å²) in [5.74, 6) is -0.690. The maximum Gasteiger partial charge on any atom is 0.416 e. The summed E-state index contributed by atoms with van der Waals surface area (Å²) in [5.41, 5.74) is -1.04. The third kappa shape index (κ3) is 4.76. The number of aromatic nitrogens is 2. The van der Waals surface area contributed by atoms with Gasteiger partial charge in [-0.05, 0) is 31.4 Å². The van der Waals surface area contributed by atoms with E-state index in [1.165, 1.54) is 17.8 Å². The van der Waals surface area contributed by atoms with Crippen molar-refractivity contribution < 1.29 is 18.0 Å². The summed E-state index contributed by atoms with van der Waals surface area (Å²) in [7, 11) is 0. The first-order chi connectivity index (χ1) is 11.6. The predicted octanol–water partition coefficient (Wildman–Crippen LogP) is 3.58. The van der Waals surface area contributed by atoms with E-state index in [1.807, 2.05) is 0 Å². The van der Waals surface area contributed by atoms with Gasteiger partial charge in [0.1, 0.15) is 6.54 Å². The Balaban J connectivity index is 2.26. The normalized spacial score (nSPS) is 11.4. The first kappa shape index (κ1) is 19.3. The summed E-state index contributed by atoms with van der Waals surface area (Å²) >= 11 is 7.01. The van der Waals surface area contributed by atoms with Crippen LogP contribution in [0.3, 0.4) is 0 Å². The van der Waals surface area contributed by atoms with E-state index < -0.39 is 29.8 Å². The molecular weight excluding hydrogens is 379 g/mol. The first-order valence-corrected chi connectivity index (χ1v) is 8.51. The number of nitrogens with zero attached hydrogens (tertiary/aromatic N) is 2. The molecule has 0 bridgehead atoms. The molecule has 1 aromatic carbocycles. The highest BCUT2D eigenvalue weighted by atomic mass is 35.5. The van der Waals surface area contributed by atoms with Gasteiger partial charge in [-0.15, -0.1) is 0 Å². The molecule has 25 heavy (non-hydrogen) atoms. The van der Waals surface area contributed by atoms with E-state index in [4.69, 9.17) is 11.6 Å². The van der Waals surface area contributed by atoms with Crippen LogP contribution in [0.5, 0.6) is 0 Å². The zero-order valence-electron chi connectivity index (χ0n) is 13.1. The van der Waals surface area contributed by atoms with Gasteiger partial charge in [0.05, 0.1) is 16.3 Å². The Morgan fingerprint density at radius 2 is 2.04 bits per heavy atom. The van der Waals surface area contributed by atoms with Gasteiger partial charge in [-0.1, -0.05) is 23.4 Å². The summed E-state index contributed by atoms with van der Waals surface area (Å²) in [6, 6.07) is 3.88. The van der Waals surface area contributed by atoms with Crippen molar-refractivity contribution in [2.24, 2.45) is 0 Å². The smallest absolute Gasteiger partial charge is 0.323 e. The quantitative estimate of drug-likeness (QED) is 0.639. The van der Waals surface area contributed by atoms with Gasteiger partial charge in [0.25, 0.3) is 5.56 Å². The lowest BCUT2D eigenvalue weighted by atomic mass is 10.2. The summed E-state index contributed by atoms with van der Waals surface area (Å²) in [4.78, 5) is 28.3. The number of carbonyl (C=O) groups is 1. The van der Waals surface area contributed by atoms with Crippen LogP contribution in [0, 0.1) is 6.92 Å². The minimum absolute atomic E-state index is 0.0409. The van der Waals surface area contributed by atoms with Crippen molar-refractivity contribution in [2.75, 3.05) is 11.6 Å². The van der Waals surface area contributed by atoms with Crippen molar-refractivity contribution in [2.45, 2.75) is 24.8 Å². The summed E-state index contributed by atoms with van der Waals surface area (Å²) in [6.07, 6.45) is -2.87. The van der Waals surface area contributed by atoms with Crippen LogP contribution in [0.25, 0.3) is 0 Å². The largest absolute Gasteiger partial charge is 0.416 e. The lowest BCUT2D eigenvalue weighted by Gasteiger charge is -2.13. The van der Waals surface area contributed by atoms with Crippen LogP contribution in [-0.2, 0) is 17.5 Å². The van der Waals surface area contributed by atoms with E-state index in [0.29, 0.717) is 10.9 Å². The molecule has 1 heterocycles. The maximum atomic E-state index is 12.8. The number of hydrogen-bond acceptors (Lipinski definition) is 4. The van der Waals surface area contributed by atoms with E-state index >= 15 is 0 Å². The zero-order chi connectivity index (χ0) is 18.8. The Morgan fingerprint density at radius 1 is 1.36 bits per heavy atom. The van der Waals surface area contributed by atoms with Crippen LogP contribution in [0.4, 0.5) is 18.9 Å². The van der Waals surface area contributed by atoms with Crippen molar-refractivity contribution in [3.63, 3.8) is 0 Å². The average molecular weight is 392 g/mol. The molecular formula is C15H13ClF3N3O2S. The number of amides is 1. The molecule has 10 heteroatoms. The predicted molar refractivity (Wildman–Crippen MR) is 90.1 cm³/mol. The summed E-state index contributed by atoms with van der Waals surface area (Å²) in [6.45, 7) is 1.25. The van der Waals surface area contributed by atoms with Gasteiger partial charge in [0.15, 0.2) is 5.16 Å². The van der Waals surface area contributed by atoms with E-state index in [1.54, 1.807) is 13.2 Å². The lowest BCUT2D eigenvalue weighted by molar-refractivity contribution is -0.137. The fraction of sp³-hybridized carbons (Fsp3) is 0.267. The van der Waals surface area contributed by atoms with E-state index in [2.05, 4.69) is 10.3 Å². The topological polar surface area (TPSA) is 64.0 Å². The maximum absolute atomic E-state index is 12.8. The molecule has 0 radical (unpaired) electrons. The molecule has 0 aliphatic carbocycles. The second kappa shape index (κ2) is 7.49. The van der Waals surface area contributed by atoms with Crippen molar-refractivity contribution >= 4 is 35.0 Å². The minimum Gasteiger partial charge on any atom is -0.323 e. The fourth-order valence-electron chi connectivity index (χ4n) is 2.03. The van der Waals surface area contributed by atoms with E-state index in [-0.39, 0.29) is 10.7 Å². The Hall–Kier alpha value is -2.00. The van der Waals surface area contributed by atoms with Gasteiger partial charge in [-0.25, -0.2) is 4.98 Å². The zero-order valence-corrected chi connectivity index (χ0v) is 14.7. The highest BCUT2D eigenvalue weighted by Crippen LogP contribution is 2.33. The third-order valence-electron chi connectivity index (χ3n) is 3.15. The summed E-state index contributed by atoms with van der Waals surface area (Å²) < 4.78 is 39.4. The molecule has 0 spiro atoms. The monoisotopic (exact) mass is 391 g/mol. The molecule has 0 unspecified atom stereocenters. The number of thioether (sulfide) groups is 1. The molecule has 2 aromatic rings. The van der Waals surface area contributed by atoms with E-state index in [0.717, 1.165) is 22.8 Å². The van der Waals surface area contributed by atoms with Gasteiger partial charge in [0.2, 0.25) is 5.91 Å². The van der Waals surface area contributed by atoms with Crippen molar-refractivity contribution in [3.05, 3.63) is 50.9 Å². The number of rotatable bonds is 4. The minimum atomic E-state index is -4.56. The molecule has 0 saturated heterocycles. The fourth-order valence-corrected chi connectivity index (χ4v) is 2.80. The van der Waals surface area contributed by atoms with Crippen LogP contribution >= 0.6 is 23.4 Å². The Bertz CT molecular complexity index is 868. The Morgan fingerprint density at radius 3 is 2.64 bits per heavy atom. The third-order valence-corrected chi connectivity index (χ3v) is 4.16. The average Bonchev–Trinajstić information content (AvgIpc) is 2.50. The second-order valence-corrected chi connectivity index (χ2v) is 6.23. The number of halogens is 4. The van der Waals surface area contributed by atoms with Crippen LogP contribution in [0.15, 0.2) is 34.2 Å². The SMILES string of the molecule is CSc1nc(C)cc(=O)n1CC(=O)Nc1cc(C(F)(F)F)ccc1Cl. The van der Waals surface area contributed by atoms with Crippen LogP contribution < -0.4 is 10.9 Å². The molecule has 1 aromatic heterocycles. The van der Waals surface area contributed by atoms with Crippen molar-refractivity contribution in [1.82, 2.24) is 9.55 Å². The van der Waals surface area contributed by atoms with Gasteiger partial charge in [0, 0.05) is 11.8 Å². The first-order valence-electron chi connectivity index (χ1n) is 6.91. The molecule has 1 amide bonds. The van der Waals surface area contributed by atoms with Crippen LogP contribution in [-0.4, -0.2) is 21.7 Å². The van der Waals surface area contributed by atoms with Gasteiger partial charge < -0.3 is 5.32 Å². The number of aryl methyl sites for hydroxylation is 1. The summed E-state index contributed by atoms with van der Waals surface area (Å²) in [5, 5.41) is 2.58. The van der Waals surface area contributed by atoms with E-state index in [9.17, 15) is 22.8 Å². The Kier molecular flexibility index (Phi) is 5.79. The number of carbonyl (C=O) groups excluding carboxylic acids is 1. The number of nitrogens with one attached hydrogen (secondary N) is 1. The molecule has 0 atom stereocenters. The Labute approximate surface area is 150 Å². The molecule has 2 rings (SSSR count). The van der Waals surface area contributed by atoms with Gasteiger partial charge >= 0.3 is 6.18 Å². The number of anilines is 1. The standard InChI is InChI=1S/C15H13ClF3N3O2S/c1-8-5-13(24)22(14(20-8)25-2)7-12(23)21-11-6-9(15(17,18)19)3-4-10(11)16/h3-6H,7H2,1-2H3,(H,21,23). The molecule has 134 valence electrons. The van der Waals surface area contributed by atoms with Gasteiger partial charge in [-0.2, -0.15) is 13.2 Å². The molecule has 5 nitrogen and oxygen atoms in total. The number of hydrogen-bond donors (Lipinski definition) is 1. The van der Waals surface area contributed by atoms with Crippen molar-refractivity contribution in [3.8, 4) is 0 Å². The second-order valence-electron chi connectivity index (χ2n) is 5.05. The number of benzene rings is 1. The molecule has 0 aliphatic heterocycles.